The molecule has 1 unspecified atom stereocenters. The molecule has 0 aliphatic heterocycles. The number of aldehydes is 1. The van der Waals surface area contributed by atoms with Gasteiger partial charge < -0.3 is 4.79 Å². The van der Waals surface area contributed by atoms with Gasteiger partial charge in [-0.1, -0.05) is 30.3 Å². The zero-order valence-electron chi connectivity index (χ0n) is 10.0. The van der Waals surface area contributed by atoms with E-state index in [1.807, 2.05) is 54.8 Å². The number of rotatable bonds is 4. The smallest absolute Gasteiger partial charge is 0.131 e. The van der Waals surface area contributed by atoms with Crippen LogP contribution in [0.1, 0.15) is 17.0 Å². The highest BCUT2D eigenvalue weighted by Crippen LogP contribution is 2.28. The van der Waals surface area contributed by atoms with E-state index < -0.39 is 0 Å². The second-order valence-corrected chi connectivity index (χ2v) is 5.31. The van der Waals surface area contributed by atoms with Crippen molar-refractivity contribution in [1.29, 1.82) is 0 Å². The molecule has 2 aromatic rings. The van der Waals surface area contributed by atoms with Crippen LogP contribution in [-0.4, -0.2) is 12.5 Å². The quantitative estimate of drug-likeness (QED) is 0.515. The number of hydrogen-bond donors (Lipinski definition) is 1. The van der Waals surface area contributed by atoms with Gasteiger partial charge in [0.05, 0.1) is 5.92 Å². The first kappa shape index (κ1) is 13.2. The van der Waals surface area contributed by atoms with Crippen LogP contribution in [0.2, 0.25) is 0 Å². The number of thioether (sulfide) groups is 1. The van der Waals surface area contributed by atoms with Crippen molar-refractivity contribution in [3.05, 3.63) is 59.7 Å². The molecule has 0 radical (unpaired) electrons. The summed E-state index contributed by atoms with van der Waals surface area (Å²) in [5, 5.41) is 0. The molecule has 92 valence electrons. The molecule has 0 spiro atoms. The SMILES string of the molecule is CSc1ccc(C(C=O)c2ccccc2S)cc1. The summed E-state index contributed by atoms with van der Waals surface area (Å²) in [7, 11) is 0. The Balaban J connectivity index is 2.39. The van der Waals surface area contributed by atoms with Crippen molar-refractivity contribution in [2.24, 2.45) is 0 Å². The second kappa shape index (κ2) is 6.12. The molecule has 1 atom stereocenters. The standard InChI is InChI=1S/C15H14OS2/c1-18-12-8-6-11(7-9-12)14(10-16)13-4-2-3-5-15(13)17/h2-10,14,17H,1H3. The van der Waals surface area contributed by atoms with Crippen LogP contribution in [0.3, 0.4) is 0 Å². The molecule has 2 rings (SSSR count). The Bertz CT molecular complexity index is 534. The van der Waals surface area contributed by atoms with E-state index in [1.54, 1.807) is 11.8 Å². The molecule has 1 nitrogen and oxygen atoms in total. The van der Waals surface area contributed by atoms with Gasteiger partial charge in [0, 0.05) is 9.79 Å². The molecule has 0 saturated heterocycles. The van der Waals surface area contributed by atoms with Gasteiger partial charge in [-0.25, -0.2) is 0 Å². The zero-order valence-corrected chi connectivity index (χ0v) is 11.7. The van der Waals surface area contributed by atoms with Crippen molar-refractivity contribution in [2.75, 3.05) is 6.26 Å². The molecular weight excluding hydrogens is 260 g/mol. The summed E-state index contributed by atoms with van der Waals surface area (Å²) in [6, 6.07) is 15.8. The molecule has 0 aromatic heterocycles. The Labute approximate surface area is 117 Å². The molecule has 2 aromatic carbocycles. The normalized spacial score (nSPS) is 12.1. The van der Waals surface area contributed by atoms with Gasteiger partial charge in [0.25, 0.3) is 0 Å². The summed E-state index contributed by atoms with van der Waals surface area (Å²) in [6.07, 6.45) is 3.01. The second-order valence-electron chi connectivity index (χ2n) is 3.95. The molecule has 0 bridgehead atoms. The summed E-state index contributed by atoms with van der Waals surface area (Å²) < 4.78 is 0. The molecule has 0 saturated carbocycles. The van der Waals surface area contributed by atoms with Crippen LogP contribution in [-0.2, 0) is 4.79 Å². The van der Waals surface area contributed by atoms with Gasteiger partial charge in [-0.15, -0.1) is 24.4 Å². The maximum absolute atomic E-state index is 11.4. The number of benzene rings is 2. The molecular formula is C15H14OS2. The molecule has 0 aliphatic rings. The maximum Gasteiger partial charge on any atom is 0.131 e. The third-order valence-corrected chi connectivity index (χ3v) is 4.03. The van der Waals surface area contributed by atoms with Crippen molar-refractivity contribution < 1.29 is 4.79 Å². The largest absolute Gasteiger partial charge is 0.302 e. The van der Waals surface area contributed by atoms with Gasteiger partial charge in [0.15, 0.2) is 0 Å². The number of carbonyl (C=O) groups is 1. The summed E-state index contributed by atoms with van der Waals surface area (Å²) >= 11 is 6.11. The first-order valence-electron chi connectivity index (χ1n) is 5.63. The minimum absolute atomic E-state index is 0.241. The molecule has 0 amide bonds. The first-order valence-corrected chi connectivity index (χ1v) is 7.30. The highest BCUT2D eigenvalue weighted by molar-refractivity contribution is 7.98. The van der Waals surface area contributed by atoms with Gasteiger partial charge in [0.1, 0.15) is 6.29 Å². The third-order valence-electron chi connectivity index (χ3n) is 2.88. The van der Waals surface area contributed by atoms with Crippen LogP contribution < -0.4 is 0 Å². The lowest BCUT2D eigenvalue weighted by Crippen LogP contribution is -2.03. The van der Waals surface area contributed by atoms with Gasteiger partial charge in [0.2, 0.25) is 0 Å². The van der Waals surface area contributed by atoms with Crippen LogP contribution in [0, 0.1) is 0 Å². The minimum Gasteiger partial charge on any atom is -0.302 e. The third kappa shape index (κ3) is 2.79. The molecule has 0 heterocycles. The highest BCUT2D eigenvalue weighted by atomic mass is 32.2. The van der Waals surface area contributed by atoms with E-state index in [9.17, 15) is 4.79 Å². The van der Waals surface area contributed by atoms with Gasteiger partial charge >= 0.3 is 0 Å². The lowest BCUT2D eigenvalue weighted by atomic mass is 9.93. The average molecular weight is 274 g/mol. The van der Waals surface area contributed by atoms with E-state index in [2.05, 4.69) is 12.6 Å². The number of carbonyl (C=O) groups excluding carboxylic acids is 1. The minimum atomic E-state index is -0.241. The zero-order chi connectivity index (χ0) is 13.0. The van der Waals surface area contributed by atoms with Crippen molar-refractivity contribution in [3.8, 4) is 0 Å². The summed E-state index contributed by atoms with van der Waals surface area (Å²) in [6.45, 7) is 0. The predicted octanol–water partition coefficient (Wildman–Crippen LogP) is 4.03. The van der Waals surface area contributed by atoms with Gasteiger partial charge in [-0.3, -0.25) is 0 Å². The summed E-state index contributed by atoms with van der Waals surface area (Å²) in [5.74, 6) is -0.241. The van der Waals surface area contributed by atoms with Crippen LogP contribution in [0.5, 0.6) is 0 Å². The maximum atomic E-state index is 11.4. The molecule has 18 heavy (non-hydrogen) atoms. The van der Waals surface area contributed by atoms with Crippen LogP contribution in [0.25, 0.3) is 0 Å². The van der Waals surface area contributed by atoms with Crippen molar-refractivity contribution in [3.63, 3.8) is 0 Å². The van der Waals surface area contributed by atoms with Crippen LogP contribution >= 0.6 is 24.4 Å². The summed E-state index contributed by atoms with van der Waals surface area (Å²) in [4.78, 5) is 13.4. The van der Waals surface area contributed by atoms with Crippen molar-refractivity contribution in [2.45, 2.75) is 15.7 Å². The van der Waals surface area contributed by atoms with Crippen molar-refractivity contribution >= 4 is 30.7 Å². The number of hydrogen-bond acceptors (Lipinski definition) is 3. The van der Waals surface area contributed by atoms with Crippen LogP contribution in [0.15, 0.2) is 58.3 Å². The van der Waals surface area contributed by atoms with Crippen molar-refractivity contribution in [1.82, 2.24) is 0 Å². The van der Waals surface area contributed by atoms with Gasteiger partial charge in [-0.05, 0) is 35.6 Å². The fraction of sp³-hybridized carbons (Fsp3) is 0.133. The Morgan fingerprint density at radius 3 is 2.33 bits per heavy atom. The molecule has 0 N–H and O–H groups in total. The Hall–Kier alpha value is -1.19. The fourth-order valence-electron chi connectivity index (χ4n) is 1.89. The topological polar surface area (TPSA) is 17.1 Å². The Morgan fingerprint density at radius 2 is 1.78 bits per heavy atom. The fourth-order valence-corrected chi connectivity index (χ4v) is 2.60. The molecule has 0 fully saturated rings. The van der Waals surface area contributed by atoms with E-state index >= 15 is 0 Å². The average Bonchev–Trinajstić information content (AvgIpc) is 2.42. The Kier molecular flexibility index (Phi) is 4.50. The molecule has 0 aliphatic carbocycles. The monoisotopic (exact) mass is 274 g/mol. The number of thiol groups is 1. The van der Waals surface area contributed by atoms with Gasteiger partial charge in [-0.2, -0.15) is 0 Å². The summed E-state index contributed by atoms with van der Waals surface area (Å²) in [5.41, 5.74) is 1.96. The lowest BCUT2D eigenvalue weighted by Gasteiger charge is -2.13. The van der Waals surface area contributed by atoms with E-state index in [0.717, 1.165) is 22.3 Å². The molecule has 3 heteroatoms. The Morgan fingerprint density at radius 1 is 1.11 bits per heavy atom. The van der Waals surface area contributed by atoms with E-state index in [1.165, 1.54) is 4.90 Å². The van der Waals surface area contributed by atoms with E-state index in [-0.39, 0.29) is 5.92 Å². The van der Waals surface area contributed by atoms with E-state index in [4.69, 9.17) is 0 Å². The first-order chi connectivity index (χ1) is 8.76. The van der Waals surface area contributed by atoms with E-state index in [0.29, 0.717) is 0 Å². The van der Waals surface area contributed by atoms with Crippen LogP contribution in [0.4, 0.5) is 0 Å². The lowest BCUT2D eigenvalue weighted by molar-refractivity contribution is -0.108. The predicted molar refractivity (Wildman–Crippen MR) is 79.8 cm³/mol. The highest BCUT2D eigenvalue weighted by Gasteiger charge is 2.15.